The first kappa shape index (κ1) is 16.9. The minimum Gasteiger partial charge on any atom is -0.370 e. The zero-order valence-electron chi connectivity index (χ0n) is 13.4. The van der Waals surface area contributed by atoms with E-state index in [0.717, 1.165) is 38.5 Å². The predicted octanol–water partition coefficient (Wildman–Crippen LogP) is 2.75. The topological polar surface area (TPSA) is 60.4 Å². The van der Waals surface area contributed by atoms with Crippen LogP contribution in [0.1, 0.15) is 58.3 Å². The van der Waals surface area contributed by atoms with Gasteiger partial charge in [-0.25, -0.2) is 8.42 Å². The molecule has 4 nitrogen and oxygen atoms in total. The molecular formula is C16H28O4S. The van der Waals surface area contributed by atoms with Crippen LogP contribution >= 0.6 is 0 Å². The van der Waals surface area contributed by atoms with Crippen molar-refractivity contribution in [2.75, 3.05) is 13.4 Å². The Bertz CT molecular complexity index is 485. The average molecular weight is 316 g/mol. The van der Waals surface area contributed by atoms with Gasteiger partial charge in [-0.2, -0.15) is 0 Å². The average Bonchev–Trinajstić information content (AvgIpc) is 2.45. The highest BCUT2D eigenvalue weighted by atomic mass is 32.2. The Hall–Kier alpha value is -0.420. The van der Waals surface area contributed by atoms with Crippen LogP contribution in [0.4, 0.5) is 0 Å². The summed E-state index contributed by atoms with van der Waals surface area (Å²) in [6.45, 7) is 2.17. The molecule has 5 heteroatoms. The summed E-state index contributed by atoms with van der Waals surface area (Å²) in [6.07, 6.45) is 7.83. The van der Waals surface area contributed by atoms with E-state index in [1.54, 1.807) is 7.11 Å². The molecule has 0 N–H and O–H groups in total. The highest BCUT2D eigenvalue weighted by Gasteiger charge is 2.46. The van der Waals surface area contributed by atoms with Crippen LogP contribution in [0.15, 0.2) is 0 Å². The highest BCUT2D eigenvalue weighted by molar-refractivity contribution is 7.91. The maximum atomic E-state index is 13.0. The monoisotopic (exact) mass is 316 g/mol. The first-order valence-electron chi connectivity index (χ1n) is 8.07. The summed E-state index contributed by atoms with van der Waals surface area (Å²) < 4.78 is 29.3. The minimum absolute atomic E-state index is 0.149. The maximum absolute atomic E-state index is 13.0. The maximum Gasteiger partial charge on any atom is 0.167 e. The quantitative estimate of drug-likeness (QED) is 0.800. The molecule has 122 valence electrons. The summed E-state index contributed by atoms with van der Waals surface area (Å²) in [7, 11) is -1.42. The number of carbonyl (C=O) groups excluding carboxylic acids is 1. The fraction of sp³-hybridized carbons (Fsp3) is 0.938. The van der Waals surface area contributed by atoms with Crippen LogP contribution in [-0.2, 0) is 19.4 Å². The Balaban J connectivity index is 2.14. The van der Waals surface area contributed by atoms with Crippen LogP contribution < -0.4 is 0 Å². The second kappa shape index (κ2) is 6.37. The summed E-state index contributed by atoms with van der Waals surface area (Å²) >= 11 is 0. The smallest absolute Gasteiger partial charge is 0.167 e. The second-order valence-electron chi connectivity index (χ2n) is 7.08. The van der Waals surface area contributed by atoms with Crippen molar-refractivity contribution >= 4 is 15.6 Å². The largest absolute Gasteiger partial charge is 0.370 e. The Morgan fingerprint density at radius 1 is 1.19 bits per heavy atom. The van der Waals surface area contributed by atoms with Gasteiger partial charge in [-0.15, -0.1) is 0 Å². The van der Waals surface area contributed by atoms with E-state index in [9.17, 15) is 13.2 Å². The van der Waals surface area contributed by atoms with E-state index in [2.05, 4.69) is 6.92 Å². The summed E-state index contributed by atoms with van der Waals surface area (Å²) in [6, 6.07) is 0. The van der Waals surface area contributed by atoms with E-state index in [1.165, 1.54) is 6.26 Å². The minimum atomic E-state index is -3.05. The molecule has 0 amide bonds. The van der Waals surface area contributed by atoms with Crippen molar-refractivity contribution in [2.45, 2.75) is 69.1 Å². The van der Waals surface area contributed by atoms with E-state index in [1.807, 2.05) is 0 Å². The third-order valence-electron chi connectivity index (χ3n) is 5.40. The standard InChI is InChI=1S/C16H28O4S/c1-12-6-5-9-16(11-12,20-2)15(17)13-7-4-8-14(10-13)21(3,18)19/h12-14H,4-11H2,1-3H3. The van der Waals surface area contributed by atoms with Crippen molar-refractivity contribution in [2.24, 2.45) is 11.8 Å². The number of rotatable bonds is 4. The molecule has 0 aromatic carbocycles. The van der Waals surface area contributed by atoms with E-state index in [-0.39, 0.29) is 17.0 Å². The van der Waals surface area contributed by atoms with Crippen LogP contribution in [-0.4, -0.2) is 38.4 Å². The summed E-state index contributed by atoms with van der Waals surface area (Å²) in [5.74, 6) is 0.505. The van der Waals surface area contributed by atoms with Crippen LogP contribution in [0.2, 0.25) is 0 Å². The lowest BCUT2D eigenvalue weighted by Gasteiger charge is -2.41. The first-order valence-corrected chi connectivity index (χ1v) is 10.0. The number of ether oxygens (including phenoxy) is 1. The molecule has 4 unspecified atom stereocenters. The van der Waals surface area contributed by atoms with Gasteiger partial charge in [-0.3, -0.25) is 4.79 Å². The Morgan fingerprint density at radius 2 is 1.90 bits per heavy atom. The molecule has 0 heterocycles. The fourth-order valence-corrected chi connectivity index (χ4v) is 5.33. The number of carbonyl (C=O) groups is 1. The van der Waals surface area contributed by atoms with Gasteiger partial charge in [-0.05, 0) is 44.4 Å². The molecule has 4 atom stereocenters. The molecular weight excluding hydrogens is 288 g/mol. The van der Waals surface area contributed by atoms with Gasteiger partial charge in [0.2, 0.25) is 0 Å². The lowest BCUT2D eigenvalue weighted by Crippen LogP contribution is -2.49. The molecule has 0 aromatic heterocycles. The van der Waals surface area contributed by atoms with Gasteiger partial charge in [0, 0.05) is 19.3 Å². The van der Waals surface area contributed by atoms with Crippen LogP contribution in [0, 0.1) is 11.8 Å². The number of hydrogen-bond acceptors (Lipinski definition) is 4. The molecule has 0 saturated heterocycles. The van der Waals surface area contributed by atoms with Crippen LogP contribution in [0.25, 0.3) is 0 Å². The van der Waals surface area contributed by atoms with Crippen molar-refractivity contribution in [1.82, 2.24) is 0 Å². The van der Waals surface area contributed by atoms with Crippen molar-refractivity contribution < 1.29 is 17.9 Å². The van der Waals surface area contributed by atoms with Gasteiger partial charge in [0.1, 0.15) is 15.4 Å². The van der Waals surface area contributed by atoms with Gasteiger partial charge < -0.3 is 4.74 Å². The third-order valence-corrected chi connectivity index (χ3v) is 7.04. The summed E-state index contributed by atoms with van der Waals surface area (Å²) in [5, 5.41) is -0.352. The van der Waals surface area contributed by atoms with Crippen LogP contribution in [0.5, 0.6) is 0 Å². The zero-order chi connectivity index (χ0) is 15.7. The third kappa shape index (κ3) is 3.67. The van der Waals surface area contributed by atoms with Gasteiger partial charge in [0.15, 0.2) is 5.78 Å². The van der Waals surface area contributed by atoms with Gasteiger partial charge in [0.25, 0.3) is 0 Å². The van der Waals surface area contributed by atoms with Crippen molar-refractivity contribution in [3.8, 4) is 0 Å². The fourth-order valence-electron chi connectivity index (χ4n) is 4.16. The molecule has 2 saturated carbocycles. The molecule has 0 aromatic rings. The summed E-state index contributed by atoms with van der Waals surface area (Å²) in [5.41, 5.74) is -0.665. The number of Topliss-reactive ketones (excluding diaryl/α,β-unsaturated/α-hetero) is 1. The number of methoxy groups -OCH3 is 1. The summed E-state index contributed by atoms with van der Waals surface area (Å²) in [4.78, 5) is 13.0. The molecule has 2 aliphatic rings. The molecule has 0 radical (unpaired) electrons. The van der Waals surface area contributed by atoms with Crippen LogP contribution in [0.3, 0.4) is 0 Å². The number of hydrogen-bond donors (Lipinski definition) is 0. The molecule has 2 aliphatic carbocycles. The molecule has 2 rings (SSSR count). The van der Waals surface area contributed by atoms with E-state index in [4.69, 9.17) is 4.74 Å². The molecule has 0 aliphatic heterocycles. The highest BCUT2D eigenvalue weighted by Crippen LogP contribution is 2.40. The molecule has 0 spiro atoms. The van der Waals surface area contributed by atoms with Gasteiger partial charge >= 0.3 is 0 Å². The number of sulfone groups is 1. The van der Waals surface area contributed by atoms with Gasteiger partial charge in [0.05, 0.1) is 5.25 Å². The molecule has 2 fully saturated rings. The lowest BCUT2D eigenvalue weighted by atomic mass is 9.70. The van der Waals surface area contributed by atoms with E-state index in [0.29, 0.717) is 18.8 Å². The molecule has 21 heavy (non-hydrogen) atoms. The Morgan fingerprint density at radius 3 is 2.48 bits per heavy atom. The molecule has 0 bridgehead atoms. The Labute approximate surface area is 128 Å². The SMILES string of the molecule is COC1(C(=O)C2CCCC(S(C)(=O)=O)C2)CCCC(C)C1. The van der Waals surface area contributed by atoms with E-state index >= 15 is 0 Å². The Kier molecular flexibility index (Phi) is 5.14. The normalized spacial score (nSPS) is 38.1. The predicted molar refractivity (Wildman–Crippen MR) is 83.0 cm³/mol. The lowest BCUT2D eigenvalue weighted by molar-refractivity contribution is -0.152. The zero-order valence-corrected chi connectivity index (χ0v) is 14.2. The second-order valence-corrected chi connectivity index (χ2v) is 9.40. The van der Waals surface area contributed by atoms with Crippen molar-refractivity contribution in [3.05, 3.63) is 0 Å². The van der Waals surface area contributed by atoms with Gasteiger partial charge in [-0.1, -0.05) is 19.8 Å². The van der Waals surface area contributed by atoms with Crippen molar-refractivity contribution in [1.29, 1.82) is 0 Å². The van der Waals surface area contributed by atoms with E-state index < -0.39 is 15.4 Å². The number of ketones is 1. The first-order chi connectivity index (χ1) is 9.78. The van der Waals surface area contributed by atoms with Crippen molar-refractivity contribution in [3.63, 3.8) is 0 Å².